The van der Waals surface area contributed by atoms with E-state index in [0.29, 0.717) is 19.8 Å². The van der Waals surface area contributed by atoms with E-state index in [1.165, 1.54) is 0 Å². The Kier molecular flexibility index (Phi) is 5.96. The van der Waals surface area contributed by atoms with Crippen LogP contribution in [0.2, 0.25) is 0 Å². The van der Waals surface area contributed by atoms with E-state index in [4.69, 9.17) is 14.2 Å². The largest absolute Gasteiger partial charge is 0.494 e. The van der Waals surface area contributed by atoms with Gasteiger partial charge in [0.05, 0.1) is 12.7 Å². The molecule has 0 amide bonds. The fourth-order valence-electron chi connectivity index (χ4n) is 2.80. The van der Waals surface area contributed by atoms with Gasteiger partial charge in [-0.3, -0.25) is 0 Å². The molecule has 1 fully saturated rings. The molecule has 1 N–H and O–H groups in total. The minimum Gasteiger partial charge on any atom is -0.494 e. The van der Waals surface area contributed by atoms with E-state index in [0.717, 1.165) is 42.2 Å². The lowest BCUT2D eigenvalue weighted by atomic mass is 10.2. The molecule has 2 aromatic carbocycles. The normalized spacial score (nSPS) is 16.8. The van der Waals surface area contributed by atoms with Crippen molar-refractivity contribution in [3.63, 3.8) is 0 Å². The molecular formula is C20H25NO3. The zero-order chi connectivity index (χ0) is 16.6. The van der Waals surface area contributed by atoms with Gasteiger partial charge in [-0.15, -0.1) is 0 Å². The maximum absolute atomic E-state index is 5.86. The first kappa shape index (κ1) is 16.7. The highest BCUT2D eigenvalue weighted by Crippen LogP contribution is 2.22. The molecule has 1 heterocycles. The van der Waals surface area contributed by atoms with Crippen LogP contribution < -0.4 is 14.8 Å². The highest BCUT2D eigenvalue weighted by molar-refractivity contribution is 5.49. The first-order valence-corrected chi connectivity index (χ1v) is 8.64. The van der Waals surface area contributed by atoms with Gasteiger partial charge in [0.15, 0.2) is 0 Å². The highest BCUT2D eigenvalue weighted by Gasteiger charge is 2.15. The van der Waals surface area contributed by atoms with Crippen molar-refractivity contribution in [2.24, 2.45) is 0 Å². The summed E-state index contributed by atoms with van der Waals surface area (Å²) in [6, 6.07) is 16.2. The predicted octanol–water partition coefficient (Wildman–Crippen LogP) is 4.26. The molecule has 1 aliphatic heterocycles. The Hall–Kier alpha value is -2.20. The first-order chi connectivity index (χ1) is 11.8. The monoisotopic (exact) mass is 327 g/mol. The number of hydrogen-bond acceptors (Lipinski definition) is 4. The van der Waals surface area contributed by atoms with Gasteiger partial charge in [0.1, 0.15) is 18.1 Å². The molecular weight excluding hydrogens is 302 g/mol. The van der Waals surface area contributed by atoms with Crippen LogP contribution in [0.1, 0.15) is 25.3 Å². The molecule has 0 bridgehead atoms. The topological polar surface area (TPSA) is 39.7 Å². The molecule has 0 aliphatic carbocycles. The molecule has 4 heteroatoms. The van der Waals surface area contributed by atoms with Gasteiger partial charge < -0.3 is 19.5 Å². The number of anilines is 1. The fraction of sp³-hybridized carbons (Fsp3) is 0.400. The molecule has 1 saturated heterocycles. The van der Waals surface area contributed by atoms with Gasteiger partial charge in [0.25, 0.3) is 0 Å². The summed E-state index contributed by atoms with van der Waals surface area (Å²) in [4.78, 5) is 0. The van der Waals surface area contributed by atoms with E-state index in [1.54, 1.807) is 0 Å². The fourth-order valence-corrected chi connectivity index (χ4v) is 2.80. The van der Waals surface area contributed by atoms with Gasteiger partial charge in [-0.1, -0.05) is 24.3 Å². The number of benzene rings is 2. The van der Waals surface area contributed by atoms with Gasteiger partial charge >= 0.3 is 0 Å². The maximum atomic E-state index is 5.86. The summed E-state index contributed by atoms with van der Waals surface area (Å²) >= 11 is 0. The van der Waals surface area contributed by atoms with Crippen LogP contribution in [0.15, 0.2) is 48.5 Å². The second-order valence-corrected chi connectivity index (χ2v) is 5.87. The average Bonchev–Trinajstić information content (AvgIpc) is 3.13. The second-order valence-electron chi connectivity index (χ2n) is 5.87. The van der Waals surface area contributed by atoms with Crippen LogP contribution in [0.3, 0.4) is 0 Å². The Morgan fingerprint density at radius 3 is 2.88 bits per heavy atom. The highest BCUT2D eigenvalue weighted by atomic mass is 16.5. The maximum Gasteiger partial charge on any atom is 0.124 e. The third-order valence-corrected chi connectivity index (χ3v) is 4.05. The van der Waals surface area contributed by atoms with E-state index in [-0.39, 0.29) is 6.10 Å². The third kappa shape index (κ3) is 4.65. The van der Waals surface area contributed by atoms with Crippen LogP contribution in [-0.4, -0.2) is 25.9 Å². The number of hydrogen-bond donors (Lipinski definition) is 1. The summed E-state index contributed by atoms with van der Waals surface area (Å²) in [6.07, 6.45) is 2.46. The molecule has 1 aliphatic rings. The molecule has 0 radical (unpaired) electrons. The zero-order valence-corrected chi connectivity index (χ0v) is 14.2. The van der Waals surface area contributed by atoms with Crippen molar-refractivity contribution in [1.82, 2.24) is 0 Å². The third-order valence-electron chi connectivity index (χ3n) is 4.05. The van der Waals surface area contributed by atoms with Crippen molar-refractivity contribution in [2.75, 3.05) is 25.1 Å². The molecule has 2 aromatic rings. The van der Waals surface area contributed by atoms with E-state index >= 15 is 0 Å². The Morgan fingerprint density at radius 2 is 2.04 bits per heavy atom. The summed E-state index contributed by atoms with van der Waals surface area (Å²) in [5, 5.41) is 3.44. The predicted molar refractivity (Wildman–Crippen MR) is 95.8 cm³/mol. The SMILES string of the molecule is CCOc1ccccc1CNc1cccc(OCC2CCCO2)c1. The molecule has 1 unspecified atom stereocenters. The van der Waals surface area contributed by atoms with E-state index in [1.807, 2.05) is 49.4 Å². The summed E-state index contributed by atoms with van der Waals surface area (Å²) < 4.78 is 17.1. The lowest BCUT2D eigenvalue weighted by Crippen LogP contribution is -2.16. The first-order valence-electron chi connectivity index (χ1n) is 8.64. The van der Waals surface area contributed by atoms with Crippen molar-refractivity contribution in [3.05, 3.63) is 54.1 Å². The molecule has 0 spiro atoms. The van der Waals surface area contributed by atoms with Gasteiger partial charge in [-0.2, -0.15) is 0 Å². The van der Waals surface area contributed by atoms with Gasteiger partial charge in [0, 0.05) is 30.5 Å². The van der Waals surface area contributed by atoms with Crippen molar-refractivity contribution in [2.45, 2.75) is 32.4 Å². The molecule has 1 atom stereocenters. The summed E-state index contributed by atoms with van der Waals surface area (Å²) in [7, 11) is 0. The Balaban J connectivity index is 1.56. The Labute approximate surface area is 143 Å². The second kappa shape index (κ2) is 8.60. The van der Waals surface area contributed by atoms with Crippen LogP contribution in [-0.2, 0) is 11.3 Å². The van der Waals surface area contributed by atoms with Gasteiger partial charge in [-0.25, -0.2) is 0 Å². The Morgan fingerprint density at radius 1 is 1.12 bits per heavy atom. The standard InChI is InChI=1S/C20H25NO3/c1-2-22-20-11-4-3-7-16(20)14-21-17-8-5-9-18(13-17)24-15-19-10-6-12-23-19/h3-5,7-9,11,13,19,21H,2,6,10,12,14-15H2,1H3. The zero-order valence-electron chi connectivity index (χ0n) is 14.2. The van der Waals surface area contributed by atoms with Gasteiger partial charge in [0.2, 0.25) is 0 Å². The van der Waals surface area contributed by atoms with Crippen molar-refractivity contribution >= 4 is 5.69 Å². The van der Waals surface area contributed by atoms with Gasteiger partial charge in [-0.05, 0) is 38.0 Å². The lowest BCUT2D eigenvalue weighted by molar-refractivity contribution is 0.0680. The minimum atomic E-state index is 0.236. The molecule has 0 saturated carbocycles. The number of para-hydroxylation sites is 1. The number of nitrogens with one attached hydrogen (secondary N) is 1. The molecule has 24 heavy (non-hydrogen) atoms. The summed E-state index contributed by atoms with van der Waals surface area (Å²) in [5.41, 5.74) is 2.18. The van der Waals surface area contributed by atoms with Crippen LogP contribution in [0.4, 0.5) is 5.69 Å². The van der Waals surface area contributed by atoms with Crippen LogP contribution >= 0.6 is 0 Å². The molecule has 128 valence electrons. The molecule has 4 nitrogen and oxygen atoms in total. The van der Waals surface area contributed by atoms with Crippen molar-refractivity contribution < 1.29 is 14.2 Å². The van der Waals surface area contributed by atoms with E-state index in [9.17, 15) is 0 Å². The van der Waals surface area contributed by atoms with Crippen molar-refractivity contribution in [1.29, 1.82) is 0 Å². The van der Waals surface area contributed by atoms with E-state index < -0.39 is 0 Å². The summed E-state index contributed by atoms with van der Waals surface area (Å²) in [5.74, 6) is 1.80. The van der Waals surface area contributed by atoms with Crippen LogP contribution in [0.5, 0.6) is 11.5 Å². The van der Waals surface area contributed by atoms with Crippen molar-refractivity contribution in [3.8, 4) is 11.5 Å². The van der Waals surface area contributed by atoms with Crippen LogP contribution in [0, 0.1) is 0 Å². The van der Waals surface area contributed by atoms with Crippen LogP contribution in [0.25, 0.3) is 0 Å². The minimum absolute atomic E-state index is 0.236. The molecule has 0 aromatic heterocycles. The average molecular weight is 327 g/mol. The molecule has 3 rings (SSSR count). The Bertz CT molecular complexity index is 638. The summed E-state index contributed by atoms with van der Waals surface area (Å²) in [6.45, 7) is 4.86. The smallest absolute Gasteiger partial charge is 0.124 e. The van der Waals surface area contributed by atoms with E-state index in [2.05, 4.69) is 11.4 Å². The number of ether oxygens (including phenoxy) is 3. The lowest BCUT2D eigenvalue weighted by Gasteiger charge is -2.14. The quantitative estimate of drug-likeness (QED) is 0.786. The number of rotatable bonds is 8.